The lowest BCUT2D eigenvalue weighted by molar-refractivity contribution is -0.130. The molecule has 1 rings (SSSR count). The molecule has 1 amide bonds. The fourth-order valence-electron chi connectivity index (χ4n) is 1.83. The topological polar surface area (TPSA) is 49.8 Å². The average Bonchev–Trinajstić information content (AvgIpc) is 2.44. The Morgan fingerprint density at radius 1 is 1.30 bits per heavy atom. The molecule has 0 bridgehead atoms. The smallest absolute Gasteiger partial charge is 0.222 e. The van der Waals surface area contributed by atoms with Crippen molar-refractivity contribution in [3.8, 4) is 5.75 Å². The van der Waals surface area contributed by atoms with Gasteiger partial charge >= 0.3 is 0 Å². The number of likely N-dealkylation sites (N-methyl/N-ethyl adjacent to an activating group) is 1. The van der Waals surface area contributed by atoms with Crippen molar-refractivity contribution in [1.29, 1.82) is 0 Å². The lowest BCUT2D eigenvalue weighted by Gasteiger charge is -2.15. The first kappa shape index (κ1) is 16.5. The van der Waals surface area contributed by atoms with Crippen LogP contribution in [0.5, 0.6) is 5.75 Å². The number of aliphatic hydroxyl groups excluding tert-OH is 1. The first-order chi connectivity index (χ1) is 9.54. The van der Waals surface area contributed by atoms with E-state index < -0.39 is 0 Å². The zero-order valence-electron chi connectivity index (χ0n) is 12.6. The molecular formula is C16H25NO3. The van der Waals surface area contributed by atoms with Crippen molar-refractivity contribution in [1.82, 2.24) is 4.90 Å². The summed E-state index contributed by atoms with van der Waals surface area (Å²) in [5.74, 6) is 1.40. The quantitative estimate of drug-likeness (QED) is 0.743. The van der Waals surface area contributed by atoms with Crippen molar-refractivity contribution < 1.29 is 14.6 Å². The fourth-order valence-corrected chi connectivity index (χ4v) is 1.83. The van der Waals surface area contributed by atoms with E-state index in [1.54, 1.807) is 7.05 Å². The Morgan fingerprint density at radius 3 is 2.50 bits per heavy atom. The lowest BCUT2D eigenvalue weighted by Crippen LogP contribution is -2.29. The molecule has 1 aromatic rings. The Morgan fingerprint density at radius 2 is 1.95 bits per heavy atom. The highest BCUT2D eigenvalue weighted by atomic mass is 16.5. The number of aliphatic hydroxyl groups is 1. The maximum absolute atomic E-state index is 11.6. The van der Waals surface area contributed by atoms with E-state index in [1.807, 2.05) is 12.1 Å². The van der Waals surface area contributed by atoms with Gasteiger partial charge in [-0.2, -0.15) is 0 Å². The van der Waals surface area contributed by atoms with Crippen LogP contribution in [0.25, 0.3) is 0 Å². The molecule has 1 N–H and O–H groups in total. The Hall–Kier alpha value is -1.55. The molecule has 0 saturated carbocycles. The number of carbonyl (C=O) groups excluding carboxylic acids is 1. The van der Waals surface area contributed by atoms with E-state index in [0.717, 1.165) is 5.75 Å². The molecule has 1 aromatic carbocycles. The van der Waals surface area contributed by atoms with Crippen molar-refractivity contribution in [2.45, 2.75) is 32.6 Å². The van der Waals surface area contributed by atoms with Gasteiger partial charge in [-0.1, -0.05) is 26.0 Å². The van der Waals surface area contributed by atoms with Crippen molar-refractivity contribution in [2.75, 3.05) is 26.8 Å². The van der Waals surface area contributed by atoms with Crippen LogP contribution < -0.4 is 4.74 Å². The van der Waals surface area contributed by atoms with Crippen molar-refractivity contribution in [2.24, 2.45) is 0 Å². The van der Waals surface area contributed by atoms with Crippen LogP contribution in [0.15, 0.2) is 24.3 Å². The molecule has 0 fully saturated rings. The second-order valence-corrected chi connectivity index (χ2v) is 5.21. The first-order valence-corrected chi connectivity index (χ1v) is 7.12. The number of hydrogen-bond acceptors (Lipinski definition) is 3. The lowest BCUT2D eigenvalue weighted by atomic mass is 10.0. The first-order valence-electron chi connectivity index (χ1n) is 7.12. The number of amides is 1. The zero-order valence-corrected chi connectivity index (χ0v) is 12.6. The Labute approximate surface area is 121 Å². The van der Waals surface area contributed by atoms with Gasteiger partial charge in [0.15, 0.2) is 0 Å². The summed E-state index contributed by atoms with van der Waals surface area (Å²) in [4.78, 5) is 13.2. The van der Waals surface area contributed by atoms with Crippen LogP contribution >= 0.6 is 0 Å². The maximum Gasteiger partial charge on any atom is 0.222 e. The Bertz CT molecular complexity index is 401. The minimum absolute atomic E-state index is 0.000932. The summed E-state index contributed by atoms with van der Waals surface area (Å²) in [6.45, 7) is 5.23. The van der Waals surface area contributed by atoms with Gasteiger partial charge in [0, 0.05) is 20.0 Å². The maximum atomic E-state index is 11.6. The van der Waals surface area contributed by atoms with Gasteiger partial charge in [-0.25, -0.2) is 0 Å². The Balaban J connectivity index is 2.25. The summed E-state index contributed by atoms with van der Waals surface area (Å²) < 4.78 is 5.61. The van der Waals surface area contributed by atoms with E-state index in [2.05, 4.69) is 26.0 Å². The second kappa shape index (κ2) is 8.59. The zero-order chi connectivity index (χ0) is 15.0. The average molecular weight is 279 g/mol. The third-order valence-corrected chi connectivity index (χ3v) is 3.21. The van der Waals surface area contributed by atoms with Gasteiger partial charge in [0.25, 0.3) is 0 Å². The minimum atomic E-state index is 0.000932. The van der Waals surface area contributed by atoms with Crippen LogP contribution in [-0.2, 0) is 4.79 Å². The highest BCUT2D eigenvalue weighted by Crippen LogP contribution is 2.18. The molecule has 0 unspecified atom stereocenters. The summed E-state index contributed by atoms with van der Waals surface area (Å²) in [5, 5.41) is 8.75. The van der Waals surface area contributed by atoms with Crippen molar-refractivity contribution in [3.05, 3.63) is 29.8 Å². The highest BCUT2D eigenvalue weighted by molar-refractivity contribution is 5.75. The molecule has 20 heavy (non-hydrogen) atoms. The van der Waals surface area contributed by atoms with E-state index in [0.29, 0.717) is 31.9 Å². The second-order valence-electron chi connectivity index (χ2n) is 5.21. The number of rotatable bonds is 8. The predicted molar refractivity (Wildman–Crippen MR) is 80.0 cm³/mol. The van der Waals surface area contributed by atoms with Crippen LogP contribution in [0.4, 0.5) is 0 Å². The van der Waals surface area contributed by atoms with Crippen LogP contribution in [0.1, 0.15) is 38.2 Å². The van der Waals surface area contributed by atoms with Gasteiger partial charge in [-0.05, 0) is 30.0 Å². The van der Waals surface area contributed by atoms with Crippen LogP contribution in [0.3, 0.4) is 0 Å². The van der Waals surface area contributed by atoms with Gasteiger partial charge in [-0.15, -0.1) is 0 Å². The molecule has 4 nitrogen and oxygen atoms in total. The molecule has 0 aromatic heterocycles. The number of carbonyl (C=O) groups is 1. The monoisotopic (exact) mass is 279 g/mol. The third kappa shape index (κ3) is 5.61. The molecule has 0 spiro atoms. The molecule has 0 aliphatic carbocycles. The van der Waals surface area contributed by atoms with Gasteiger partial charge < -0.3 is 14.7 Å². The molecule has 4 heteroatoms. The molecule has 0 radical (unpaired) electrons. The van der Waals surface area contributed by atoms with Gasteiger partial charge in [-0.3, -0.25) is 4.79 Å². The Kier molecular flexibility index (Phi) is 7.09. The van der Waals surface area contributed by atoms with Gasteiger partial charge in [0.05, 0.1) is 13.2 Å². The third-order valence-electron chi connectivity index (χ3n) is 3.21. The number of hydrogen-bond donors (Lipinski definition) is 1. The molecule has 112 valence electrons. The van der Waals surface area contributed by atoms with Crippen LogP contribution in [-0.4, -0.2) is 42.7 Å². The molecule has 0 aliphatic heterocycles. The normalized spacial score (nSPS) is 10.7. The number of nitrogens with zero attached hydrogens (tertiary/aromatic N) is 1. The van der Waals surface area contributed by atoms with Crippen molar-refractivity contribution >= 4 is 5.91 Å². The SMILES string of the molecule is CC(C)c1ccc(OCCCC(=O)N(C)CCO)cc1. The molecule has 0 atom stereocenters. The van der Waals surface area contributed by atoms with Crippen LogP contribution in [0, 0.1) is 0 Å². The molecule has 0 aliphatic rings. The van der Waals surface area contributed by atoms with E-state index in [-0.39, 0.29) is 12.5 Å². The van der Waals surface area contributed by atoms with Gasteiger partial charge in [0.1, 0.15) is 5.75 Å². The van der Waals surface area contributed by atoms with Gasteiger partial charge in [0.2, 0.25) is 5.91 Å². The minimum Gasteiger partial charge on any atom is -0.494 e. The summed E-state index contributed by atoms with van der Waals surface area (Å²) in [5.41, 5.74) is 1.29. The summed E-state index contributed by atoms with van der Waals surface area (Å²) >= 11 is 0. The summed E-state index contributed by atoms with van der Waals surface area (Å²) in [6.07, 6.45) is 1.13. The van der Waals surface area contributed by atoms with Crippen LogP contribution in [0.2, 0.25) is 0 Å². The van der Waals surface area contributed by atoms with E-state index in [4.69, 9.17) is 9.84 Å². The summed E-state index contributed by atoms with van der Waals surface area (Å²) in [6, 6.07) is 8.07. The number of ether oxygens (including phenoxy) is 1. The molecule has 0 saturated heterocycles. The number of benzene rings is 1. The summed E-state index contributed by atoms with van der Waals surface area (Å²) in [7, 11) is 1.70. The highest BCUT2D eigenvalue weighted by Gasteiger charge is 2.07. The fraction of sp³-hybridized carbons (Fsp3) is 0.562. The van der Waals surface area contributed by atoms with Crippen molar-refractivity contribution in [3.63, 3.8) is 0 Å². The largest absolute Gasteiger partial charge is 0.494 e. The predicted octanol–water partition coefficient (Wildman–Crippen LogP) is 2.42. The molecule has 0 heterocycles. The van der Waals surface area contributed by atoms with E-state index >= 15 is 0 Å². The standard InChI is InChI=1S/C16H25NO3/c1-13(2)14-6-8-15(9-7-14)20-12-4-5-16(19)17(3)10-11-18/h6-9,13,18H,4-5,10-12H2,1-3H3. The van der Waals surface area contributed by atoms with E-state index in [9.17, 15) is 4.79 Å². The molecular weight excluding hydrogens is 254 g/mol. The van der Waals surface area contributed by atoms with E-state index in [1.165, 1.54) is 10.5 Å².